The van der Waals surface area contributed by atoms with Crippen molar-refractivity contribution in [3.8, 4) is 5.75 Å². The molecule has 1 fully saturated rings. The minimum absolute atomic E-state index is 0.0837. The summed E-state index contributed by atoms with van der Waals surface area (Å²) in [4.78, 5) is 13.3. The minimum atomic E-state index is -3.75. The van der Waals surface area contributed by atoms with Crippen LogP contribution in [-0.2, 0) is 14.8 Å². The van der Waals surface area contributed by atoms with E-state index in [1.54, 1.807) is 44.4 Å². The maximum Gasteiger partial charge on any atom is 0.264 e. The van der Waals surface area contributed by atoms with Gasteiger partial charge in [-0.2, -0.15) is 0 Å². The first-order valence-corrected chi connectivity index (χ1v) is 12.6. The van der Waals surface area contributed by atoms with E-state index < -0.39 is 10.0 Å². The van der Waals surface area contributed by atoms with E-state index in [9.17, 15) is 13.2 Å². The Morgan fingerprint density at radius 3 is 2.75 bits per heavy atom. The highest BCUT2D eigenvalue weighted by Crippen LogP contribution is 2.32. The number of aryl methyl sites for hydroxylation is 1. The number of nitrogens with zero attached hydrogens (tertiary/aromatic N) is 1. The predicted molar refractivity (Wildman–Crippen MR) is 126 cm³/mol. The summed E-state index contributed by atoms with van der Waals surface area (Å²) in [5, 5.41) is 3.75. The van der Waals surface area contributed by atoms with Gasteiger partial charge >= 0.3 is 0 Å². The Morgan fingerprint density at radius 1 is 1.25 bits per heavy atom. The molecule has 32 heavy (non-hydrogen) atoms. The molecule has 170 valence electrons. The Hall–Kier alpha value is -2.62. The molecule has 1 N–H and O–H groups in total. The molecule has 1 saturated heterocycles. The molecule has 4 rings (SSSR count). The zero-order valence-corrected chi connectivity index (χ0v) is 19.9. The minimum Gasteiger partial charge on any atom is -0.496 e. The summed E-state index contributed by atoms with van der Waals surface area (Å²) >= 11 is 1.38. The van der Waals surface area contributed by atoms with E-state index in [0.29, 0.717) is 22.9 Å². The first-order chi connectivity index (χ1) is 15.3. The van der Waals surface area contributed by atoms with Crippen LogP contribution in [0.3, 0.4) is 0 Å². The van der Waals surface area contributed by atoms with E-state index in [2.05, 4.69) is 5.32 Å². The molecule has 1 atom stereocenters. The van der Waals surface area contributed by atoms with Crippen molar-refractivity contribution < 1.29 is 22.7 Å². The fourth-order valence-corrected chi connectivity index (χ4v) is 5.98. The number of benzene rings is 2. The van der Waals surface area contributed by atoms with Gasteiger partial charge in [-0.25, -0.2) is 8.42 Å². The van der Waals surface area contributed by atoms with Crippen molar-refractivity contribution in [3.05, 3.63) is 52.9 Å². The van der Waals surface area contributed by atoms with Gasteiger partial charge in [-0.3, -0.25) is 9.10 Å². The molecule has 1 aliphatic heterocycles. The number of sulfonamides is 1. The van der Waals surface area contributed by atoms with E-state index in [-0.39, 0.29) is 16.9 Å². The quantitative estimate of drug-likeness (QED) is 0.560. The molecule has 0 bridgehead atoms. The van der Waals surface area contributed by atoms with Gasteiger partial charge in [-0.1, -0.05) is 0 Å². The van der Waals surface area contributed by atoms with Crippen molar-refractivity contribution in [2.75, 3.05) is 31.6 Å². The van der Waals surface area contributed by atoms with Crippen LogP contribution in [0.2, 0.25) is 0 Å². The van der Waals surface area contributed by atoms with Crippen LogP contribution in [0.15, 0.2) is 47.4 Å². The van der Waals surface area contributed by atoms with Crippen LogP contribution in [0.1, 0.15) is 28.1 Å². The fourth-order valence-electron chi connectivity index (χ4n) is 3.75. The van der Waals surface area contributed by atoms with Crippen molar-refractivity contribution in [2.45, 2.75) is 30.8 Å². The molecular formula is C23H26N2O5S2. The standard InChI is InChI=1S/C23H26N2O5S2/c1-15-11-19(7-8-20(15)29-3)32(27,28)25(2)17-6-9-21-16(12-17)13-22(31-21)23(26)24-14-18-5-4-10-30-18/h6-9,11-13,18H,4-5,10,14H2,1-3H3,(H,24,26)/t18-/m0/s1. The molecule has 2 aromatic carbocycles. The molecule has 1 aliphatic rings. The Labute approximate surface area is 192 Å². The SMILES string of the molecule is COc1ccc(S(=O)(=O)N(C)c2ccc3sc(C(=O)NC[C@@H]4CCCO4)cc3c2)cc1C. The van der Waals surface area contributed by atoms with E-state index in [0.717, 1.165) is 35.1 Å². The number of rotatable bonds is 7. The summed E-state index contributed by atoms with van der Waals surface area (Å²) in [6, 6.07) is 12.0. The lowest BCUT2D eigenvalue weighted by molar-refractivity contribution is 0.0861. The number of methoxy groups -OCH3 is 1. The van der Waals surface area contributed by atoms with Crippen molar-refractivity contribution in [2.24, 2.45) is 0 Å². The maximum atomic E-state index is 13.2. The molecule has 0 spiro atoms. The summed E-state index contributed by atoms with van der Waals surface area (Å²) in [5.41, 5.74) is 1.27. The molecule has 1 amide bonds. The van der Waals surface area contributed by atoms with E-state index in [1.807, 2.05) is 6.07 Å². The van der Waals surface area contributed by atoms with Gasteiger partial charge in [0.15, 0.2) is 0 Å². The number of nitrogens with one attached hydrogen (secondary N) is 1. The molecule has 0 radical (unpaired) electrons. The molecule has 2 heterocycles. The average Bonchev–Trinajstić information content (AvgIpc) is 3.46. The summed E-state index contributed by atoms with van der Waals surface area (Å²) < 4.78 is 39.3. The topological polar surface area (TPSA) is 84.9 Å². The maximum absolute atomic E-state index is 13.2. The van der Waals surface area contributed by atoms with Crippen LogP contribution < -0.4 is 14.4 Å². The summed E-state index contributed by atoms with van der Waals surface area (Å²) in [6.07, 6.45) is 2.07. The molecule has 0 aliphatic carbocycles. The normalized spacial score (nSPS) is 16.3. The molecule has 1 aromatic heterocycles. The Morgan fingerprint density at radius 2 is 2.06 bits per heavy atom. The summed E-state index contributed by atoms with van der Waals surface area (Å²) in [7, 11) is -0.671. The third kappa shape index (κ3) is 4.46. The number of amides is 1. The third-order valence-electron chi connectivity index (χ3n) is 5.63. The Kier molecular flexibility index (Phi) is 6.41. The number of carbonyl (C=O) groups excluding carboxylic acids is 1. The summed E-state index contributed by atoms with van der Waals surface area (Å²) in [6.45, 7) is 3.06. The zero-order chi connectivity index (χ0) is 22.9. The monoisotopic (exact) mass is 474 g/mol. The number of ether oxygens (including phenoxy) is 2. The number of fused-ring (bicyclic) bond motifs is 1. The molecule has 7 nitrogen and oxygen atoms in total. The largest absolute Gasteiger partial charge is 0.496 e. The van der Waals surface area contributed by atoms with Gasteiger partial charge in [0.25, 0.3) is 15.9 Å². The zero-order valence-electron chi connectivity index (χ0n) is 18.3. The van der Waals surface area contributed by atoms with Gasteiger partial charge in [-0.05, 0) is 73.2 Å². The van der Waals surface area contributed by atoms with Crippen LogP contribution in [0.25, 0.3) is 10.1 Å². The second kappa shape index (κ2) is 9.09. The van der Waals surface area contributed by atoms with Crippen molar-refractivity contribution >= 4 is 43.0 Å². The van der Waals surface area contributed by atoms with E-state index in [1.165, 1.54) is 28.8 Å². The highest BCUT2D eigenvalue weighted by Gasteiger charge is 2.23. The van der Waals surface area contributed by atoms with Crippen molar-refractivity contribution in [3.63, 3.8) is 0 Å². The van der Waals surface area contributed by atoms with Gasteiger partial charge in [0.1, 0.15) is 5.75 Å². The lowest BCUT2D eigenvalue weighted by atomic mass is 10.2. The van der Waals surface area contributed by atoms with Crippen LogP contribution >= 0.6 is 11.3 Å². The number of hydrogen-bond donors (Lipinski definition) is 1. The molecule has 9 heteroatoms. The summed E-state index contributed by atoms with van der Waals surface area (Å²) in [5.74, 6) is 0.495. The van der Waals surface area contributed by atoms with Crippen LogP contribution in [0.4, 0.5) is 5.69 Å². The first-order valence-electron chi connectivity index (χ1n) is 10.4. The smallest absolute Gasteiger partial charge is 0.264 e. The number of hydrogen-bond acceptors (Lipinski definition) is 6. The molecule has 0 unspecified atom stereocenters. The Balaban J connectivity index is 1.55. The van der Waals surface area contributed by atoms with Gasteiger partial charge in [-0.15, -0.1) is 11.3 Å². The van der Waals surface area contributed by atoms with Crippen molar-refractivity contribution in [1.82, 2.24) is 5.32 Å². The van der Waals surface area contributed by atoms with Gasteiger partial charge in [0, 0.05) is 24.9 Å². The van der Waals surface area contributed by atoms with Gasteiger partial charge in [0.05, 0.1) is 28.7 Å². The lowest BCUT2D eigenvalue weighted by Gasteiger charge is -2.20. The number of carbonyl (C=O) groups is 1. The van der Waals surface area contributed by atoms with E-state index >= 15 is 0 Å². The average molecular weight is 475 g/mol. The van der Waals surface area contributed by atoms with Crippen LogP contribution in [0, 0.1) is 6.92 Å². The molecule has 3 aromatic rings. The van der Waals surface area contributed by atoms with Gasteiger partial charge in [0.2, 0.25) is 0 Å². The molecular weight excluding hydrogens is 448 g/mol. The second-order valence-corrected chi connectivity index (χ2v) is 10.8. The predicted octanol–water partition coefficient (Wildman–Crippen LogP) is 3.95. The number of anilines is 1. The highest BCUT2D eigenvalue weighted by atomic mass is 32.2. The van der Waals surface area contributed by atoms with Gasteiger partial charge < -0.3 is 14.8 Å². The molecule has 0 saturated carbocycles. The number of thiophene rings is 1. The highest BCUT2D eigenvalue weighted by molar-refractivity contribution is 7.92. The van der Waals surface area contributed by atoms with Crippen molar-refractivity contribution in [1.29, 1.82) is 0 Å². The Bertz CT molecular complexity index is 1250. The van der Waals surface area contributed by atoms with Crippen LogP contribution in [-0.4, -0.2) is 47.7 Å². The first kappa shape index (κ1) is 22.6. The third-order valence-corrected chi connectivity index (χ3v) is 8.52. The van der Waals surface area contributed by atoms with Crippen LogP contribution in [0.5, 0.6) is 5.75 Å². The van der Waals surface area contributed by atoms with E-state index in [4.69, 9.17) is 9.47 Å². The fraction of sp³-hybridized carbons (Fsp3) is 0.348. The lowest BCUT2D eigenvalue weighted by Crippen LogP contribution is -2.31. The second-order valence-electron chi connectivity index (χ2n) is 7.78.